The summed E-state index contributed by atoms with van der Waals surface area (Å²) < 4.78 is 46.8. The molecule has 0 fully saturated rings. The fourth-order valence-corrected chi connectivity index (χ4v) is 8.23. The van der Waals surface area contributed by atoms with Gasteiger partial charge in [-0.05, 0) is 94.5 Å². The van der Waals surface area contributed by atoms with Crippen LogP contribution < -0.4 is 14.2 Å². The minimum atomic E-state index is -3.15. The molecule has 266 valence electrons. The molecule has 47 heavy (non-hydrogen) atoms. The van der Waals surface area contributed by atoms with Gasteiger partial charge in [0.05, 0.1) is 39.2 Å². The topological polar surface area (TPSA) is 63.2 Å². The second kappa shape index (κ2) is 27.6. The van der Waals surface area contributed by atoms with Gasteiger partial charge in [0.2, 0.25) is 5.75 Å². The molecular formula is C37H56I3O6P. The third kappa shape index (κ3) is 19.2. The van der Waals surface area contributed by atoms with E-state index in [1.54, 1.807) is 0 Å². The van der Waals surface area contributed by atoms with E-state index in [9.17, 15) is 4.57 Å². The summed E-state index contributed by atoms with van der Waals surface area (Å²) in [5.41, 5.74) is 2.96. The van der Waals surface area contributed by atoms with E-state index < -0.39 is 7.60 Å². The molecule has 0 aliphatic heterocycles. The smallest absolute Gasteiger partial charge is 0.335 e. The van der Waals surface area contributed by atoms with E-state index in [-0.39, 0.29) is 6.16 Å². The molecule has 0 aliphatic rings. The Hall–Kier alpha value is -0.0800. The summed E-state index contributed by atoms with van der Waals surface area (Å²) in [6.07, 6.45) is 18.4. The Balaban J connectivity index is 2.27. The molecule has 0 heterocycles. The van der Waals surface area contributed by atoms with Crippen molar-refractivity contribution in [2.45, 2.75) is 97.1 Å². The lowest BCUT2D eigenvalue weighted by Crippen LogP contribution is -2.07. The fraction of sp³-hybridized carbons (Fsp3) is 0.622. The lowest BCUT2D eigenvalue weighted by molar-refractivity contribution is 0.219. The molecule has 2 rings (SSSR count). The number of unbranched alkanes of at least 4 members (excludes halogenated alkanes) is 9. The lowest BCUT2D eigenvalue weighted by atomic mass is 10.1. The average molecular weight is 1010 g/mol. The third-order valence-corrected chi connectivity index (χ3v) is 11.7. The van der Waals surface area contributed by atoms with Crippen molar-refractivity contribution < 1.29 is 27.8 Å². The number of alkyl halides is 3. The Labute approximate surface area is 326 Å². The SMILES string of the molecule is CCOP(=O)(Cc1ccc(C=Cc2cc(OCCCCCCI)c(OCCCCCCI)c(OCCCCCCI)c2)cc1)OCC. The Kier molecular flexibility index (Phi) is 25.3. The Bertz CT molecular complexity index is 1110. The maximum atomic E-state index is 13.0. The normalized spacial score (nSPS) is 11.8. The van der Waals surface area contributed by atoms with Gasteiger partial charge in [0, 0.05) is 0 Å². The van der Waals surface area contributed by atoms with Crippen LogP contribution in [0.5, 0.6) is 17.2 Å². The van der Waals surface area contributed by atoms with Gasteiger partial charge in [-0.1, -0.05) is 143 Å². The molecule has 2 aromatic rings. The summed E-state index contributed by atoms with van der Waals surface area (Å²) in [7, 11) is -3.15. The highest BCUT2D eigenvalue weighted by Crippen LogP contribution is 2.51. The van der Waals surface area contributed by atoms with Crippen LogP contribution in [0.2, 0.25) is 0 Å². The van der Waals surface area contributed by atoms with Crippen molar-refractivity contribution in [1.29, 1.82) is 0 Å². The van der Waals surface area contributed by atoms with Gasteiger partial charge in [0.1, 0.15) is 0 Å². The Morgan fingerprint density at radius 3 is 1.45 bits per heavy atom. The zero-order valence-corrected chi connectivity index (χ0v) is 35.9. The molecule has 0 unspecified atom stereocenters. The summed E-state index contributed by atoms with van der Waals surface area (Å²) in [6, 6.07) is 12.2. The third-order valence-electron chi connectivity index (χ3n) is 7.36. The van der Waals surface area contributed by atoms with Crippen LogP contribution >= 0.6 is 75.4 Å². The number of ether oxygens (including phenoxy) is 3. The second-order valence-corrected chi connectivity index (χ2v) is 16.7. The van der Waals surface area contributed by atoms with Gasteiger partial charge in [0.25, 0.3) is 0 Å². The summed E-state index contributed by atoms with van der Waals surface area (Å²) >= 11 is 7.34. The fourth-order valence-electron chi connectivity index (χ4n) is 4.91. The molecule has 0 amide bonds. The van der Waals surface area contributed by atoms with E-state index in [2.05, 4.69) is 92.1 Å². The van der Waals surface area contributed by atoms with Crippen molar-refractivity contribution >= 4 is 87.5 Å². The molecule has 0 radical (unpaired) electrons. The van der Waals surface area contributed by atoms with E-state index >= 15 is 0 Å². The zero-order chi connectivity index (χ0) is 34.0. The summed E-state index contributed by atoms with van der Waals surface area (Å²) in [5.74, 6) is 2.24. The number of hydrogen-bond donors (Lipinski definition) is 0. The number of benzene rings is 2. The highest BCUT2D eigenvalue weighted by molar-refractivity contribution is 14.1. The van der Waals surface area contributed by atoms with Crippen LogP contribution in [-0.4, -0.2) is 46.3 Å². The van der Waals surface area contributed by atoms with Gasteiger partial charge in [0.15, 0.2) is 11.5 Å². The predicted molar refractivity (Wildman–Crippen MR) is 225 cm³/mol. The second-order valence-electron chi connectivity index (χ2n) is 11.4. The van der Waals surface area contributed by atoms with Crippen LogP contribution in [0.25, 0.3) is 12.2 Å². The monoisotopic (exact) mass is 1010 g/mol. The van der Waals surface area contributed by atoms with Crippen molar-refractivity contribution in [2.24, 2.45) is 0 Å². The highest BCUT2D eigenvalue weighted by Gasteiger charge is 2.24. The number of halogens is 3. The molecule has 0 aliphatic carbocycles. The van der Waals surface area contributed by atoms with E-state index in [4.69, 9.17) is 23.3 Å². The first-order valence-corrected chi connectivity index (χ1v) is 23.7. The molecule has 0 spiro atoms. The highest BCUT2D eigenvalue weighted by atomic mass is 127. The number of hydrogen-bond acceptors (Lipinski definition) is 6. The van der Waals surface area contributed by atoms with Crippen LogP contribution in [-0.2, 0) is 19.8 Å². The van der Waals surface area contributed by atoms with Gasteiger partial charge < -0.3 is 23.3 Å². The largest absolute Gasteiger partial charge is 0.490 e. The van der Waals surface area contributed by atoms with Gasteiger partial charge in [-0.15, -0.1) is 0 Å². The van der Waals surface area contributed by atoms with Gasteiger partial charge in [-0.25, -0.2) is 0 Å². The standard InChI is InChI=1S/C37H56I3O6P/c1-3-45-47(41,46-4-2)31-33-20-17-32(18-21-33)19-22-34-29-35(42-26-14-8-5-11-23-38)37(44-28-16-10-7-13-25-40)36(30-34)43-27-15-9-6-12-24-39/h17-22,29-30H,3-16,23-28,31H2,1-2H3. The molecule has 0 bridgehead atoms. The first kappa shape index (κ1) is 43.1. The zero-order valence-electron chi connectivity index (χ0n) is 28.5. The van der Waals surface area contributed by atoms with Gasteiger partial charge in [-0.3, -0.25) is 4.57 Å². The summed E-state index contributed by atoms with van der Waals surface area (Å²) in [4.78, 5) is 0. The molecule has 0 saturated carbocycles. The first-order chi connectivity index (χ1) is 23.0. The molecule has 2 aromatic carbocycles. The first-order valence-electron chi connectivity index (χ1n) is 17.4. The lowest BCUT2D eigenvalue weighted by Gasteiger charge is -2.18. The Morgan fingerprint density at radius 1 is 0.574 bits per heavy atom. The number of rotatable bonds is 29. The van der Waals surface area contributed by atoms with Crippen molar-refractivity contribution in [3.05, 3.63) is 53.1 Å². The van der Waals surface area contributed by atoms with Crippen molar-refractivity contribution in [1.82, 2.24) is 0 Å². The van der Waals surface area contributed by atoms with Gasteiger partial charge >= 0.3 is 7.60 Å². The summed E-state index contributed by atoms with van der Waals surface area (Å²) in [5, 5.41) is 0. The van der Waals surface area contributed by atoms with Crippen LogP contribution in [0, 0.1) is 0 Å². The van der Waals surface area contributed by atoms with Gasteiger partial charge in [-0.2, -0.15) is 0 Å². The van der Waals surface area contributed by atoms with Crippen molar-refractivity contribution in [2.75, 3.05) is 46.3 Å². The maximum Gasteiger partial charge on any atom is 0.335 e. The Morgan fingerprint density at radius 2 is 1.00 bits per heavy atom. The van der Waals surface area contributed by atoms with E-state index in [0.717, 1.165) is 72.5 Å². The predicted octanol–water partition coefficient (Wildman–Crippen LogP) is 12.7. The minimum Gasteiger partial charge on any atom is -0.490 e. The molecule has 0 atom stereocenters. The van der Waals surface area contributed by atoms with E-state index in [1.165, 1.54) is 51.8 Å². The molecule has 6 nitrogen and oxygen atoms in total. The molecule has 0 saturated heterocycles. The van der Waals surface area contributed by atoms with E-state index in [0.29, 0.717) is 33.0 Å². The van der Waals surface area contributed by atoms with Crippen LogP contribution in [0.3, 0.4) is 0 Å². The minimum absolute atomic E-state index is 0.260. The van der Waals surface area contributed by atoms with E-state index in [1.807, 2.05) is 38.1 Å². The van der Waals surface area contributed by atoms with Crippen LogP contribution in [0.4, 0.5) is 0 Å². The van der Waals surface area contributed by atoms with Crippen LogP contribution in [0.15, 0.2) is 36.4 Å². The molecular weight excluding hydrogens is 952 g/mol. The van der Waals surface area contributed by atoms with Crippen molar-refractivity contribution in [3.8, 4) is 17.2 Å². The average Bonchev–Trinajstić information content (AvgIpc) is 3.06. The quantitative estimate of drug-likeness (QED) is 0.0266. The summed E-state index contributed by atoms with van der Waals surface area (Å²) in [6.45, 7) is 6.35. The molecule has 0 N–H and O–H groups in total. The van der Waals surface area contributed by atoms with Crippen molar-refractivity contribution in [3.63, 3.8) is 0 Å². The molecule has 10 heteroatoms. The van der Waals surface area contributed by atoms with Crippen LogP contribution in [0.1, 0.15) is 108 Å². The molecule has 0 aromatic heterocycles. The maximum absolute atomic E-state index is 13.0.